The standard InChI is InChI=1S/C20H17ClFN3O4.ClH/c21-14-7-17(22)20(24-9-14)29-16-4-1-12(2-5-16)13-3-6-18(26)25(10-13)11-15(23)8-19(27)28;/h1-7,9-10,15H,8,11,23H2,(H,27,28);1H. The summed E-state index contributed by atoms with van der Waals surface area (Å²) < 4.78 is 20.6. The number of halogens is 3. The van der Waals surface area contributed by atoms with E-state index in [2.05, 4.69) is 4.98 Å². The molecule has 1 aromatic carbocycles. The Labute approximate surface area is 182 Å². The van der Waals surface area contributed by atoms with Crippen LogP contribution >= 0.6 is 24.0 Å². The second kappa shape index (κ2) is 10.2. The normalized spacial score (nSPS) is 11.4. The highest BCUT2D eigenvalue weighted by molar-refractivity contribution is 6.30. The number of carboxylic acids is 1. The average molecular weight is 454 g/mol. The van der Waals surface area contributed by atoms with Crippen LogP contribution in [-0.4, -0.2) is 26.7 Å². The highest BCUT2D eigenvalue weighted by Crippen LogP contribution is 2.26. The molecule has 3 rings (SSSR count). The molecule has 2 aromatic heterocycles. The topological polar surface area (TPSA) is 107 Å². The number of nitrogens with two attached hydrogens (primary N) is 1. The fourth-order valence-electron chi connectivity index (χ4n) is 2.69. The number of hydrogen-bond acceptors (Lipinski definition) is 5. The zero-order chi connectivity index (χ0) is 21.0. The first kappa shape index (κ1) is 23.3. The highest BCUT2D eigenvalue weighted by Gasteiger charge is 2.11. The molecule has 0 bridgehead atoms. The van der Waals surface area contributed by atoms with Gasteiger partial charge in [-0.25, -0.2) is 9.37 Å². The molecule has 0 aliphatic carbocycles. The van der Waals surface area contributed by atoms with Crippen LogP contribution in [-0.2, 0) is 11.3 Å². The van der Waals surface area contributed by atoms with Crippen molar-refractivity contribution >= 4 is 30.0 Å². The molecule has 0 saturated heterocycles. The Morgan fingerprint density at radius 2 is 1.90 bits per heavy atom. The molecule has 0 spiro atoms. The van der Waals surface area contributed by atoms with Gasteiger partial charge in [0.1, 0.15) is 5.75 Å². The van der Waals surface area contributed by atoms with Crippen molar-refractivity contribution in [2.75, 3.05) is 0 Å². The Morgan fingerprint density at radius 1 is 1.23 bits per heavy atom. The van der Waals surface area contributed by atoms with Gasteiger partial charge in [-0.15, -0.1) is 12.4 Å². The van der Waals surface area contributed by atoms with Crippen LogP contribution in [0.4, 0.5) is 4.39 Å². The van der Waals surface area contributed by atoms with E-state index >= 15 is 0 Å². The Kier molecular flexibility index (Phi) is 7.93. The fraction of sp³-hybridized carbons (Fsp3) is 0.150. The van der Waals surface area contributed by atoms with Gasteiger partial charge in [0.2, 0.25) is 0 Å². The molecular formula is C20H18Cl2FN3O4. The van der Waals surface area contributed by atoms with Gasteiger partial charge in [-0.1, -0.05) is 23.7 Å². The van der Waals surface area contributed by atoms with E-state index in [9.17, 15) is 14.0 Å². The van der Waals surface area contributed by atoms with E-state index in [-0.39, 0.29) is 41.8 Å². The molecular weight excluding hydrogens is 436 g/mol. The van der Waals surface area contributed by atoms with E-state index in [1.54, 1.807) is 36.5 Å². The zero-order valence-electron chi connectivity index (χ0n) is 15.5. The van der Waals surface area contributed by atoms with Crippen molar-refractivity contribution in [2.45, 2.75) is 19.0 Å². The van der Waals surface area contributed by atoms with E-state index in [1.807, 2.05) is 0 Å². The lowest BCUT2D eigenvalue weighted by molar-refractivity contribution is -0.137. The van der Waals surface area contributed by atoms with Gasteiger partial charge in [-0.05, 0) is 35.4 Å². The predicted octanol–water partition coefficient (Wildman–Crippen LogP) is 3.72. The van der Waals surface area contributed by atoms with Crippen LogP contribution in [0.2, 0.25) is 5.02 Å². The van der Waals surface area contributed by atoms with Crippen LogP contribution in [0.3, 0.4) is 0 Å². The number of carboxylic acid groups (broad SMARTS) is 1. The predicted molar refractivity (Wildman–Crippen MR) is 113 cm³/mol. The van der Waals surface area contributed by atoms with Crippen LogP contribution in [0.1, 0.15) is 6.42 Å². The Bertz CT molecular complexity index is 1090. The number of benzene rings is 1. The van der Waals surface area contributed by atoms with Crippen LogP contribution < -0.4 is 16.0 Å². The average Bonchev–Trinajstić information content (AvgIpc) is 2.66. The minimum atomic E-state index is -1.02. The summed E-state index contributed by atoms with van der Waals surface area (Å²) in [5.41, 5.74) is 7.01. The van der Waals surface area contributed by atoms with Crippen molar-refractivity contribution in [3.63, 3.8) is 0 Å². The molecule has 10 heteroatoms. The van der Waals surface area contributed by atoms with E-state index in [0.717, 1.165) is 17.2 Å². The number of nitrogens with zero attached hydrogens (tertiary/aromatic N) is 2. The molecule has 0 amide bonds. The number of pyridine rings is 2. The lowest BCUT2D eigenvalue weighted by Gasteiger charge is -2.13. The number of hydrogen-bond donors (Lipinski definition) is 2. The molecule has 158 valence electrons. The summed E-state index contributed by atoms with van der Waals surface area (Å²) in [5, 5.41) is 8.98. The molecule has 3 aromatic rings. The molecule has 0 saturated carbocycles. The summed E-state index contributed by atoms with van der Waals surface area (Å²) in [6.45, 7) is 0.0850. The Morgan fingerprint density at radius 3 is 2.53 bits per heavy atom. The largest absolute Gasteiger partial charge is 0.481 e. The van der Waals surface area contributed by atoms with Gasteiger partial charge in [-0.2, -0.15) is 0 Å². The van der Waals surface area contributed by atoms with Gasteiger partial charge in [0.25, 0.3) is 11.4 Å². The maximum atomic E-state index is 13.8. The zero-order valence-corrected chi connectivity index (χ0v) is 17.1. The molecule has 0 aliphatic heterocycles. The fourth-order valence-corrected chi connectivity index (χ4v) is 2.84. The third-order valence-electron chi connectivity index (χ3n) is 4.03. The van der Waals surface area contributed by atoms with Gasteiger partial charge in [-0.3, -0.25) is 9.59 Å². The molecule has 0 radical (unpaired) electrons. The van der Waals surface area contributed by atoms with E-state index in [4.69, 9.17) is 27.2 Å². The minimum absolute atomic E-state index is 0. The van der Waals surface area contributed by atoms with E-state index in [0.29, 0.717) is 5.75 Å². The monoisotopic (exact) mass is 453 g/mol. The maximum absolute atomic E-state index is 13.8. The van der Waals surface area contributed by atoms with Gasteiger partial charge in [0.15, 0.2) is 5.82 Å². The van der Waals surface area contributed by atoms with E-state index in [1.165, 1.54) is 16.8 Å². The molecule has 30 heavy (non-hydrogen) atoms. The van der Waals surface area contributed by atoms with Gasteiger partial charge in [0.05, 0.1) is 11.4 Å². The van der Waals surface area contributed by atoms with Gasteiger partial charge in [0, 0.05) is 31.0 Å². The Hall–Kier alpha value is -2.94. The summed E-state index contributed by atoms with van der Waals surface area (Å²) >= 11 is 5.67. The van der Waals surface area contributed by atoms with Crippen LogP contribution in [0.5, 0.6) is 11.6 Å². The SMILES string of the molecule is Cl.NC(CC(=O)O)Cn1cc(-c2ccc(Oc3ncc(Cl)cc3F)cc2)ccc1=O. The third-order valence-corrected chi connectivity index (χ3v) is 4.23. The number of carbonyl (C=O) groups is 1. The molecule has 1 unspecified atom stereocenters. The lowest BCUT2D eigenvalue weighted by Crippen LogP contribution is -2.33. The number of rotatable bonds is 7. The summed E-state index contributed by atoms with van der Waals surface area (Å²) in [4.78, 5) is 26.6. The quantitative estimate of drug-likeness (QED) is 0.564. The van der Waals surface area contributed by atoms with Crippen LogP contribution in [0.15, 0.2) is 59.7 Å². The third kappa shape index (κ3) is 6.03. The molecule has 0 aliphatic rings. The first-order valence-corrected chi connectivity index (χ1v) is 8.97. The number of aromatic nitrogens is 2. The summed E-state index contributed by atoms with van der Waals surface area (Å²) in [6.07, 6.45) is 2.66. The summed E-state index contributed by atoms with van der Waals surface area (Å²) in [7, 11) is 0. The van der Waals surface area contributed by atoms with Gasteiger partial charge < -0.3 is 20.1 Å². The maximum Gasteiger partial charge on any atom is 0.304 e. The van der Waals surface area contributed by atoms with E-state index < -0.39 is 17.8 Å². The summed E-state index contributed by atoms with van der Waals surface area (Å²) in [6, 6.07) is 10.2. The van der Waals surface area contributed by atoms with Crippen molar-refractivity contribution in [1.29, 1.82) is 0 Å². The molecule has 1 atom stereocenters. The van der Waals surface area contributed by atoms with Gasteiger partial charge >= 0.3 is 5.97 Å². The second-order valence-corrected chi connectivity index (χ2v) is 6.77. The Balaban J connectivity index is 0.00000320. The summed E-state index contributed by atoms with van der Waals surface area (Å²) in [5.74, 6) is -1.52. The molecule has 3 N–H and O–H groups in total. The first-order chi connectivity index (χ1) is 13.8. The molecule has 2 heterocycles. The smallest absolute Gasteiger partial charge is 0.304 e. The first-order valence-electron chi connectivity index (χ1n) is 8.59. The van der Waals surface area contributed by atoms with Crippen molar-refractivity contribution in [3.05, 3.63) is 76.1 Å². The molecule has 7 nitrogen and oxygen atoms in total. The van der Waals surface area contributed by atoms with Crippen LogP contribution in [0.25, 0.3) is 11.1 Å². The minimum Gasteiger partial charge on any atom is -0.481 e. The van der Waals surface area contributed by atoms with Crippen LogP contribution in [0, 0.1) is 5.82 Å². The molecule has 0 fully saturated rings. The lowest BCUT2D eigenvalue weighted by atomic mass is 10.1. The highest BCUT2D eigenvalue weighted by atomic mass is 35.5. The van der Waals surface area contributed by atoms with Crippen molar-refractivity contribution in [3.8, 4) is 22.8 Å². The second-order valence-electron chi connectivity index (χ2n) is 6.33. The number of aliphatic carboxylic acids is 1. The van der Waals surface area contributed by atoms with Crippen molar-refractivity contribution in [2.24, 2.45) is 5.73 Å². The van der Waals surface area contributed by atoms with Crippen molar-refractivity contribution < 1.29 is 19.0 Å². The number of ether oxygens (including phenoxy) is 1. The van der Waals surface area contributed by atoms with Crippen molar-refractivity contribution in [1.82, 2.24) is 9.55 Å².